The lowest BCUT2D eigenvalue weighted by Gasteiger charge is -2.12. The number of halogens is 1. The van der Waals surface area contributed by atoms with Crippen molar-refractivity contribution in [1.82, 2.24) is 4.72 Å². The van der Waals surface area contributed by atoms with Gasteiger partial charge in [-0.3, -0.25) is 0 Å². The summed E-state index contributed by atoms with van der Waals surface area (Å²) in [5, 5.41) is 0. The Hall–Kier alpha value is -0.980. The minimum atomic E-state index is -3.83. The van der Waals surface area contributed by atoms with Gasteiger partial charge >= 0.3 is 0 Å². The van der Waals surface area contributed by atoms with E-state index in [9.17, 15) is 12.8 Å². The highest BCUT2D eigenvalue weighted by molar-refractivity contribution is 7.89. The Morgan fingerprint density at radius 3 is 2.69 bits per heavy atom. The van der Waals surface area contributed by atoms with Crippen LogP contribution >= 0.6 is 0 Å². The van der Waals surface area contributed by atoms with Crippen molar-refractivity contribution in [2.45, 2.75) is 24.8 Å². The van der Waals surface area contributed by atoms with E-state index in [1.54, 1.807) is 13.8 Å². The summed E-state index contributed by atoms with van der Waals surface area (Å²) >= 11 is 0. The Morgan fingerprint density at radius 1 is 1.50 bits per heavy atom. The fourth-order valence-corrected chi connectivity index (χ4v) is 2.61. The van der Waals surface area contributed by atoms with Crippen LogP contribution in [0.1, 0.15) is 12.5 Å². The number of sulfonamides is 1. The largest absolute Gasteiger partial charge is 0.329 e. The zero-order valence-corrected chi connectivity index (χ0v) is 10.0. The molecule has 3 N–H and O–H groups in total. The first kappa shape index (κ1) is 13.1. The molecule has 16 heavy (non-hydrogen) atoms. The number of nitrogens with one attached hydrogen (secondary N) is 1. The first-order chi connectivity index (χ1) is 7.36. The maximum atomic E-state index is 13.4. The second-order valence-corrected chi connectivity index (χ2v) is 5.37. The summed E-state index contributed by atoms with van der Waals surface area (Å²) in [7, 11) is -3.83. The molecular weight excluding hydrogens is 231 g/mol. The second kappa shape index (κ2) is 4.90. The van der Waals surface area contributed by atoms with Crippen molar-refractivity contribution in [3.63, 3.8) is 0 Å². The highest BCUT2D eigenvalue weighted by Gasteiger charge is 2.20. The molecule has 1 aromatic rings. The Bertz CT molecular complexity index is 474. The van der Waals surface area contributed by atoms with Gasteiger partial charge in [-0.25, -0.2) is 17.5 Å². The average molecular weight is 246 g/mol. The van der Waals surface area contributed by atoms with E-state index in [0.717, 1.165) is 6.07 Å². The monoisotopic (exact) mass is 246 g/mol. The van der Waals surface area contributed by atoms with E-state index < -0.39 is 21.9 Å². The molecule has 0 saturated carbocycles. The summed E-state index contributed by atoms with van der Waals surface area (Å²) in [6.45, 7) is 3.47. The fourth-order valence-electron chi connectivity index (χ4n) is 1.19. The second-order valence-electron chi connectivity index (χ2n) is 3.69. The molecule has 0 saturated heterocycles. The quantitative estimate of drug-likeness (QED) is 0.823. The number of hydrogen-bond acceptors (Lipinski definition) is 3. The Morgan fingerprint density at radius 2 is 2.12 bits per heavy atom. The molecule has 1 aromatic carbocycles. The number of hydrogen-bond donors (Lipinski definition) is 2. The van der Waals surface area contributed by atoms with Crippen LogP contribution in [0.4, 0.5) is 4.39 Å². The van der Waals surface area contributed by atoms with Gasteiger partial charge in [-0.15, -0.1) is 0 Å². The van der Waals surface area contributed by atoms with Crippen molar-refractivity contribution in [3.8, 4) is 0 Å². The minimum absolute atomic E-state index is 0.159. The van der Waals surface area contributed by atoms with E-state index >= 15 is 0 Å². The van der Waals surface area contributed by atoms with Gasteiger partial charge < -0.3 is 5.73 Å². The highest BCUT2D eigenvalue weighted by Crippen LogP contribution is 2.16. The summed E-state index contributed by atoms with van der Waals surface area (Å²) in [6, 6.07) is 3.52. The van der Waals surface area contributed by atoms with E-state index in [1.807, 2.05) is 0 Å². The van der Waals surface area contributed by atoms with Crippen LogP contribution in [0.5, 0.6) is 0 Å². The van der Waals surface area contributed by atoms with Crippen LogP contribution in [0.25, 0.3) is 0 Å². The lowest BCUT2D eigenvalue weighted by atomic mass is 10.2. The molecule has 0 aliphatic heterocycles. The van der Waals surface area contributed by atoms with Crippen molar-refractivity contribution in [3.05, 3.63) is 29.6 Å². The van der Waals surface area contributed by atoms with Gasteiger partial charge in [0, 0.05) is 12.6 Å². The van der Waals surface area contributed by atoms with Crippen LogP contribution < -0.4 is 10.5 Å². The normalized spacial score (nSPS) is 13.8. The molecule has 0 bridgehead atoms. The molecule has 4 nitrogen and oxygen atoms in total. The van der Waals surface area contributed by atoms with Crippen LogP contribution in [-0.2, 0) is 10.0 Å². The molecule has 0 fully saturated rings. The third kappa shape index (κ3) is 3.01. The third-order valence-electron chi connectivity index (χ3n) is 2.09. The molecule has 0 spiro atoms. The van der Waals surface area contributed by atoms with Crippen LogP contribution in [-0.4, -0.2) is 21.0 Å². The van der Waals surface area contributed by atoms with Crippen molar-refractivity contribution in [2.24, 2.45) is 5.73 Å². The van der Waals surface area contributed by atoms with E-state index in [4.69, 9.17) is 5.73 Å². The number of rotatable bonds is 4. The Balaban J connectivity index is 3.12. The summed E-state index contributed by atoms with van der Waals surface area (Å²) < 4.78 is 39.2. The van der Waals surface area contributed by atoms with E-state index in [0.29, 0.717) is 5.56 Å². The van der Waals surface area contributed by atoms with Crippen LogP contribution in [0.2, 0.25) is 0 Å². The lowest BCUT2D eigenvalue weighted by molar-refractivity contribution is 0.544. The van der Waals surface area contributed by atoms with Crippen LogP contribution in [0.15, 0.2) is 23.1 Å². The number of aryl methyl sites for hydroxylation is 1. The average Bonchev–Trinajstić information content (AvgIpc) is 2.20. The van der Waals surface area contributed by atoms with Gasteiger partial charge in [0.25, 0.3) is 0 Å². The van der Waals surface area contributed by atoms with Crippen molar-refractivity contribution >= 4 is 10.0 Å². The van der Waals surface area contributed by atoms with Crippen molar-refractivity contribution < 1.29 is 12.8 Å². The van der Waals surface area contributed by atoms with Crippen molar-refractivity contribution in [1.29, 1.82) is 0 Å². The Labute approximate surface area is 94.7 Å². The molecule has 0 aliphatic carbocycles. The fraction of sp³-hybridized carbons (Fsp3) is 0.400. The van der Waals surface area contributed by atoms with Crippen molar-refractivity contribution in [2.75, 3.05) is 6.54 Å². The maximum absolute atomic E-state index is 13.4. The van der Waals surface area contributed by atoms with Gasteiger partial charge in [0.1, 0.15) is 10.7 Å². The molecule has 0 aromatic heterocycles. The molecule has 6 heteroatoms. The lowest BCUT2D eigenvalue weighted by Crippen LogP contribution is -2.38. The third-order valence-corrected chi connectivity index (χ3v) is 3.69. The van der Waals surface area contributed by atoms with E-state index in [-0.39, 0.29) is 11.4 Å². The Kier molecular flexibility index (Phi) is 4.01. The molecular formula is C10H15FN2O2S. The molecule has 0 aliphatic rings. The molecule has 1 atom stereocenters. The predicted molar refractivity (Wildman–Crippen MR) is 60.0 cm³/mol. The molecule has 1 rings (SSSR count). The maximum Gasteiger partial charge on any atom is 0.243 e. The molecule has 0 radical (unpaired) electrons. The van der Waals surface area contributed by atoms with Gasteiger partial charge in [0.2, 0.25) is 10.0 Å². The van der Waals surface area contributed by atoms with Gasteiger partial charge in [0.15, 0.2) is 0 Å². The molecule has 0 amide bonds. The summed E-state index contributed by atoms with van der Waals surface area (Å²) in [5.41, 5.74) is 5.99. The highest BCUT2D eigenvalue weighted by atomic mass is 32.2. The minimum Gasteiger partial charge on any atom is -0.329 e. The van der Waals surface area contributed by atoms with Gasteiger partial charge in [-0.1, -0.05) is 6.07 Å². The number of benzene rings is 1. The smallest absolute Gasteiger partial charge is 0.243 e. The zero-order valence-electron chi connectivity index (χ0n) is 9.20. The van der Waals surface area contributed by atoms with E-state index in [2.05, 4.69) is 4.72 Å². The molecule has 0 unspecified atom stereocenters. The SMILES string of the molecule is Cc1ccc(F)c(S(=O)(=O)N[C@@H](C)CN)c1. The molecule has 90 valence electrons. The predicted octanol–water partition coefficient (Wildman–Crippen LogP) is 0.760. The zero-order chi connectivity index (χ0) is 12.3. The summed E-state index contributed by atoms with van der Waals surface area (Å²) in [6.07, 6.45) is 0. The standard InChI is InChI=1S/C10H15FN2O2S/c1-7-3-4-9(11)10(5-7)16(14,15)13-8(2)6-12/h3-5,8,13H,6,12H2,1-2H3/t8-/m0/s1. The van der Waals surface area contributed by atoms with Crippen LogP contribution in [0.3, 0.4) is 0 Å². The molecule has 0 heterocycles. The summed E-state index contributed by atoms with van der Waals surface area (Å²) in [5.74, 6) is -0.762. The first-order valence-corrected chi connectivity index (χ1v) is 6.33. The van der Waals surface area contributed by atoms with Crippen LogP contribution in [0, 0.1) is 12.7 Å². The van der Waals surface area contributed by atoms with Gasteiger partial charge in [-0.2, -0.15) is 0 Å². The van der Waals surface area contributed by atoms with Gasteiger partial charge in [-0.05, 0) is 31.5 Å². The van der Waals surface area contributed by atoms with E-state index in [1.165, 1.54) is 12.1 Å². The van der Waals surface area contributed by atoms with Gasteiger partial charge in [0.05, 0.1) is 0 Å². The topological polar surface area (TPSA) is 72.2 Å². The number of nitrogens with two attached hydrogens (primary N) is 1. The first-order valence-electron chi connectivity index (χ1n) is 4.85. The summed E-state index contributed by atoms with van der Waals surface area (Å²) in [4.78, 5) is -0.340.